The number of hydrogen-bond donors (Lipinski definition) is 1. The van der Waals surface area contributed by atoms with Crippen molar-refractivity contribution in [2.45, 2.75) is 38.5 Å². The molecule has 0 spiro atoms. The predicted octanol–water partition coefficient (Wildman–Crippen LogP) is 3.46. The summed E-state index contributed by atoms with van der Waals surface area (Å²) in [5, 5.41) is 5.49. The van der Waals surface area contributed by atoms with Crippen molar-refractivity contribution in [1.82, 2.24) is 10.3 Å². The van der Waals surface area contributed by atoms with Gasteiger partial charge in [-0.15, -0.1) is 11.3 Å². The molecule has 0 amide bonds. The largest absolute Gasteiger partial charge is 0.312 e. The van der Waals surface area contributed by atoms with Crippen LogP contribution in [0.5, 0.6) is 0 Å². The standard InChI is InChI=1S/C12H20N2S2/c1-9(2)6-13-7-10-8-14-12(16-10)11-4-3-5-15-11/h8-9,11,13H,3-7H2,1-2H3. The van der Waals surface area contributed by atoms with Crippen LogP contribution in [-0.2, 0) is 6.54 Å². The van der Waals surface area contributed by atoms with Gasteiger partial charge in [0.25, 0.3) is 0 Å². The zero-order valence-electron chi connectivity index (χ0n) is 10.0. The summed E-state index contributed by atoms with van der Waals surface area (Å²) in [6.07, 6.45) is 4.72. The molecule has 0 aromatic carbocycles. The molecule has 0 aliphatic carbocycles. The van der Waals surface area contributed by atoms with E-state index in [1.54, 1.807) is 0 Å². The molecular formula is C12H20N2S2. The third-order valence-corrected chi connectivity index (χ3v) is 5.27. The fourth-order valence-corrected chi connectivity index (χ4v) is 4.22. The Bertz CT molecular complexity index is 317. The van der Waals surface area contributed by atoms with Gasteiger partial charge in [-0.25, -0.2) is 4.98 Å². The average Bonchev–Trinajstić information content (AvgIpc) is 2.85. The van der Waals surface area contributed by atoms with Crippen molar-refractivity contribution in [3.63, 3.8) is 0 Å². The number of nitrogens with zero attached hydrogens (tertiary/aromatic N) is 1. The van der Waals surface area contributed by atoms with Crippen LogP contribution < -0.4 is 5.32 Å². The van der Waals surface area contributed by atoms with Gasteiger partial charge in [-0.2, -0.15) is 11.8 Å². The summed E-state index contributed by atoms with van der Waals surface area (Å²) in [4.78, 5) is 5.93. The van der Waals surface area contributed by atoms with Crippen LogP contribution >= 0.6 is 23.1 Å². The van der Waals surface area contributed by atoms with E-state index in [2.05, 4.69) is 35.9 Å². The molecular weight excluding hydrogens is 236 g/mol. The minimum Gasteiger partial charge on any atom is -0.312 e. The molecule has 0 bridgehead atoms. The lowest BCUT2D eigenvalue weighted by Gasteiger charge is -2.05. The summed E-state index contributed by atoms with van der Waals surface area (Å²) < 4.78 is 0. The molecule has 16 heavy (non-hydrogen) atoms. The second-order valence-electron chi connectivity index (χ2n) is 4.69. The van der Waals surface area contributed by atoms with E-state index >= 15 is 0 Å². The van der Waals surface area contributed by atoms with E-state index in [1.165, 1.54) is 28.5 Å². The molecule has 1 aromatic rings. The molecule has 1 N–H and O–H groups in total. The van der Waals surface area contributed by atoms with E-state index in [9.17, 15) is 0 Å². The first-order valence-corrected chi connectivity index (χ1v) is 7.89. The maximum Gasteiger partial charge on any atom is 0.106 e. The third-order valence-electron chi connectivity index (χ3n) is 2.63. The Hall–Kier alpha value is -0.0600. The van der Waals surface area contributed by atoms with Crippen LogP contribution in [0, 0.1) is 5.92 Å². The van der Waals surface area contributed by atoms with Gasteiger partial charge in [0.05, 0.1) is 5.25 Å². The Kier molecular flexibility index (Phi) is 4.67. The number of aromatic nitrogens is 1. The molecule has 1 aliphatic heterocycles. The molecule has 1 saturated heterocycles. The molecule has 4 heteroatoms. The second-order valence-corrected chi connectivity index (χ2v) is 7.15. The molecule has 1 aliphatic rings. The maximum absolute atomic E-state index is 4.55. The van der Waals surface area contributed by atoms with Gasteiger partial charge in [0, 0.05) is 17.6 Å². The molecule has 0 saturated carbocycles. The first kappa shape index (κ1) is 12.4. The monoisotopic (exact) mass is 256 g/mol. The Morgan fingerprint density at radius 2 is 2.44 bits per heavy atom. The molecule has 2 nitrogen and oxygen atoms in total. The molecule has 0 radical (unpaired) electrons. The molecule has 1 aromatic heterocycles. The first-order chi connectivity index (χ1) is 7.75. The van der Waals surface area contributed by atoms with E-state index in [0.717, 1.165) is 19.0 Å². The fourth-order valence-electron chi connectivity index (χ4n) is 1.81. The molecule has 2 rings (SSSR count). The number of nitrogens with one attached hydrogen (secondary N) is 1. The quantitative estimate of drug-likeness (QED) is 0.873. The SMILES string of the molecule is CC(C)CNCc1cnc(C2CCCS2)s1. The number of thiazole rings is 1. The number of rotatable bonds is 5. The van der Waals surface area contributed by atoms with Crippen molar-refractivity contribution in [1.29, 1.82) is 0 Å². The third kappa shape index (κ3) is 3.47. The van der Waals surface area contributed by atoms with Gasteiger partial charge in [0.15, 0.2) is 0 Å². The summed E-state index contributed by atoms with van der Waals surface area (Å²) in [6, 6.07) is 0. The van der Waals surface area contributed by atoms with Gasteiger partial charge in [0.2, 0.25) is 0 Å². The van der Waals surface area contributed by atoms with Crippen molar-refractivity contribution in [3.8, 4) is 0 Å². The van der Waals surface area contributed by atoms with Crippen molar-refractivity contribution >= 4 is 23.1 Å². The van der Waals surface area contributed by atoms with Crippen LogP contribution in [0.1, 0.15) is 41.8 Å². The highest BCUT2D eigenvalue weighted by Crippen LogP contribution is 2.41. The van der Waals surface area contributed by atoms with E-state index in [-0.39, 0.29) is 0 Å². The van der Waals surface area contributed by atoms with Gasteiger partial charge in [-0.3, -0.25) is 0 Å². The lowest BCUT2D eigenvalue weighted by Crippen LogP contribution is -2.18. The molecule has 1 atom stereocenters. The highest BCUT2D eigenvalue weighted by Gasteiger charge is 2.20. The van der Waals surface area contributed by atoms with Crippen molar-refractivity contribution < 1.29 is 0 Å². The molecule has 90 valence electrons. The lowest BCUT2D eigenvalue weighted by molar-refractivity contribution is 0.554. The summed E-state index contributed by atoms with van der Waals surface area (Å²) in [6.45, 7) is 6.54. The van der Waals surface area contributed by atoms with E-state index in [4.69, 9.17) is 0 Å². The smallest absolute Gasteiger partial charge is 0.106 e. The van der Waals surface area contributed by atoms with Crippen LogP contribution in [0.4, 0.5) is 0 Å². The number of thioether (sulfide) groups is 1. The lowest BCUT2D eigenvalue weighted by atomic mass is 10.2. The van der Waals surface area contributed by atoms with Gasteiger partial charge >= 0.3 is 0 Å². The Labute approximate surface area is 106 Å². The van der Waals surface area contributed by atoms with Crippen LogP contribution in [0.2, 0.25) is 0 Å². The predicted molar refractivity (Wildman–Crippen MR) is 73.1 cm³/mol. The van der Waals surface area contributed by atoms with Gasteiger partial charge < -0.3 is 5.32 Å². The normalized spacial score (nSPS) is 20.8. The Morgan fingerprint density at radius 1 is 1.56 bits per heavy atom. The zero-order chi connectivity index (χ0) is 11.4. The fraction of sp³-hybridized carbons (Fsp3) is 0.750. The van der Waals surface area contributed by atoms with Crippen LogP contribution in [0.3, 0.4) is 0 Å². The second kappa shape index (κ2) is 6.03. The van der Waals surface area contributed by atoms with E-state index in [0.29, 0.717) is 5.25 Å². The minimum absolute atomic E-state index is 0.684. The van der Waals surface area contributed by atoms with Crippen molar-refractivity contribution in [3.05, 3.63) is 16.1 Å². The molecule has 1 fully saturated rings. The van der Waals surface area contributed by atoms with Crippen LogP contribution in [0.15, 0.2) is 6.20 Å². The van der Waals surface area contributed by atoms with E-state index < -0.39 is 0 Å². The van der Waals surface area contributed by atoms with E-state index in [1.807, 2.05) is 17.5 Å². The minimum atomic E-state index is 0.684. The Morgan fingerprint density at radius 3 is 3.12 bits per heavy atom. The molecule has 2 heterocycles. The summed E-state index contributed by atoms with van der Waals surface area (Å²) >= 11 is 3.95. The van der Waals surface area contributed by atoms with Gasteiger partial charge in [-0.1, -0.05) is 13.8 Å². The first-order valence-electron chi connectivity index (χ1n) is 6.02. The average molecular weight is 256 g/mol. The summed E-state index contributed by atoms with van der Waals surface area (Å²) in [5.74, 6) is 2.03. The van der Waals surface area contributed by atoms with Crippen LogP contribution in [-0.4, -0.2) is 17.3 Å². The number of hydrogen-bond acceptors (Lipinski definition) is 4. The van der Waals surface area contributed by atoms with Crippen molar-refractivity contribution in [2.75, 3.05) is 12.3 Å². The van der Waals surface area contributed by atoms with Crippen LogP contribution in [0.25, 0.3) is 0 Å². The summed E-state index contributed by atoms with van der Waals surface area (Å²) in [5.41, 5.74) is 0. The van der Waals surface area contributed by atoms with Crippen molar-refractivity contribution in [2.24, 2.45) is 5.92 Å². The Balaban J connectivity index is 1.82. The van der Waals surface area contributed by atoms with Gasteiger partial charge in [-0.05, 0) is 31.1 Å². The summed E-state index contributed by atoms with van der Waals surface area (Å²) in [7, 11) is 0. The topological polar surface area (TPSA) is 24.9 Å². The maximum atomic E-state index is 4.55. The molecule has 1 unspecified atom stereocenters. The highest BCUT2D eigenvalue weighted by atomic mass is 32.2. The highest BCUT2D eigenvalue weighted by molar-refractivity contribution is 7.99. The zero-order valence-corrected chi connectivity index (χ0v) is 11.7. The van der Waals surface area contributed by atoms with Gasteiger partial charge in [0.1, 0.15) is 5.01 Å².